The van der Waals surface area contributed by atoms with E-state index in [1.807, 2.05) is 20.8 Å². The van der Waals surface area contributed by atoms with Crippen LogP contribution < -0.4 is 10.6 Å². The second-order valence-corrected chi connectivity index (χ2v) is 5.95. The second kappa shape index (κ2) is 5.47. The summed E-state index contributed by atoms with van der Waals surface area (Å²) in [6.07, 6.45) is 0. The van der Waals surface area contributed by atoms with Crippen molar-refractivity contribution in [3.8, 4) is 0 Å². The van der Waals surface area contributed by atoms with Crippen molar-refractivity contribution in [1.29, 1.82) is 0 Å². The van der Waals surface area contributed by atoms with Crippen LogP contribution in [0.15, 0.2) is 0 Å². The lowest BCUT2D eigenvalue weighted by molar-refractivity contribution is -0.873. The largest absolute Gasteiger partial charge is 0.354 e. The number of hydrogen-bond donors (Lipinski definition) is 2. The smallest absolute Gasteiger partial charge is 0.225 e. The molecule has 90 valence electrons. The van der Waals surface area contributed by atoms with Gasteiger partial charge in [0.1, 0.15) is 6.67 Å². The van der Waals surface area contributed by atoms with Crippen LogP contribution >= 0.6 is 0 Å². The van der Waals surface area contributed by atoms with Crippen LogP contribution in [0, 0.1) is 5.41 Å². The van der Waals surface area contributed by atoms with Gasteiger partial charge < -0.3 is 9.80 Å². The van der Waals surface area contributed by atoms with E-state index >= 15 is 0 Å². The third kappa shape index (κ3) is 8.39. The van der Waals surface area contributed by atoms with Crippen LogP contribution in [0.5, 0.6) is 0 Å². The summed E-state index contributed by atoms with van der Waals surface area (Å²) in [5.41, 5.74) is -0.292. The summed E-state index contributed by atoms with van der Waals surface area (Å²) in [5, 5.41) is 6.19. The standard InChI is InChI=1S/C11H25N3O/c1-11(2,3)10(15)13-8-7-12-9-14(4,5)6/h12H,7-9H2,1-6H3/p+1. The molecule has 0 heterocycles. The molecule has 4 heteroatoms. The second-order valence-electron chi connectivity index (χ2n) is 5.95. The van der Waals surface area contributed by atoms with E-state index in [-0.39, 0.29) is 11.3 Å². The molecule has 0 saturated carbocycles. The van der Waals surface area contributed by atoms with Crippen LogP contribution in [-0.2, 0) is 4.79 Å². The number of hydrogen-bond acceptors (Lipinski definition) is 2. The fraction of sp³-hybridized carbons (Fsp3) is 0.909. The van der Waals surface area contributed by atoms with Gasteiger partial charge >= 0.3 is 0 Å². The first-order valence-electron chi connectivity index (χ1n) is 5.42. The van der Waals surface area contributed by atoms with Crippen LogP contribution in [0.2, 0.25) is 0 Å². The molecule has 0 saturated heterocycles. The summed E-state index contributed by atoms with van der Waals surface area (Å²) in [4.78, 5) is 11.5. The fourth-order valence-electron chi connectivity index (χ4n) is 0.944. The molecule has 0 aliphatic rings. The zero-order valence-corrected chi connectivity index (χ0v) is 11.0. The van der Waals surface area contributed by atoms with Crippen LogP contribution in [0.4, 0.5) is 0 Å². The first-order valence-corrected chi connectivity index (χ1v) is 5.42. The minimum Gasteiger partial charge on any atom is -0.354 e. The van der Waals surface area contributed by atoms with Gasteiger partial charge in [0.25, 0.3) is 0 Å². The van der Waals surface area contributed by atoms with Crippen molar-refractivity contribution in [3.05, 3.63) is 0 Å². The highest BCUT2D eigenvalue weighted by Crippen LogP contribution is 2.11. The van der Waals surface area contributed by atoms with Gasteiger partial charge in [-0.1, -0.05) is 20.8 Å². The third-order valence-corrected chi connectivity index (χ3v) is 1.85. The van der Waals surface area contributed by atoms with Crippen molar-refractivity contribution in [2.24, 2.45) is 5.41 Å². The van der Waals surface area contributed by atoms with E-state index in [1.165, 1.54) is 0 Å². The number of nitrogens with zero attached hydrogens (tertiary/aromatic N) is 1. The highest BCUT2D eigenvalue weighted by Gasteiger charge is 2.20. The molecule has 0 bridgehead atoms. The van der Waals surface area contributed by atoms with Gasteiger partial charge in [-0.3, -0.25) is 10.1 Å². The van der Waals surface area contributed by atoms with E-state index < -0.39 is 0 Å². The minimum atomic E-state index is -0.292. The topological polar surface area (TPSA) is 41.1 Å². The molecule has 0 fully saturated rings. The average Bonchev–Trinajstić information content (AvgIpc) is 1.99. The summed E-state index contributed by atoms with van der Waals surface area (Å²) in [6, 6.07) is 0. The number of amides is 1. The predicted molar refractivity (Wildman–Crippen MR) is 63.4 cm³/mol. The van der Waals surface area contributed by atoms with Crippen molar-refractivity contribution in [1.82, 2.24) is 10.6 Å². The van der Waals surface area contributed by atoms with E-state index in [2.05, 4.69) is 31.8 Å². The van der Waals surface area contributed by atoms with Gasteiger partial charge in [0, 0.05) is 18.5 Å². The highest BCUT2D eigenvalue weighted by molar-refractivity contribution is 5.81. The summed E-state index contributed by atoms with van der Waals surface area (Å²) in [7, 11) is 6.38. The molecular weight excluding hydrogens is 190 g/mol. The van der Waals surface area contributed by atoms with Crippen molar-refractivity contribution in [2.45, 2.75) is 20.8 Å². The summed E-state index contributed by atoms with van der Waals surface area (Å²) < 4.78 is 0.882. The Labute approximate surface area is 93.6 Å². The predicted octanol–water partition coefficient (Wildman–Crippen LogP) is 0.402. The molecule has 15 heavy (non-hydrogen) atoms. The Bertz CT molecular complexity index is 201. The number of carbonyl (C=O) groups is 1. The van der Waals surface area contributed by atoms with Gasteiger partial charge in [0.05, 0.1) is 21.1 Å². The molecule has 0 atom stereocenters. The summed E-state index contributed by atoms with van der Waals surface area (Å²) in [6.45, 7) is 8.17. The first-order chi connectivity index (χ1) is 6.63. The van der Waals surface area contributed by atoms with Crippen molar-refractivity contribution in [2.75, 3.05) is 40.9 Å². The Morgan fingerprint density at radius 2 is 1.67 bits per heavy atom. The van der Waals surface area contributed by atoms with Crippen molar-refractivity contribution < 1.29 is 9.28 Å². The molecule has 0 aromatic rings. The molecule has 4 nitrogen and oxygen atoms in total. The molecule has 0 unspecified atom stereocenters. The molecule has 0 rings (SSSR count). The number of nitrogens with one attached hydrogen (secondary N) is 2. The van der Waals surface area contributed by atoms with E-state index in [0.717, 1.165) is 17.7 Å². The highest BCUT2D eigenvalue weighted by atomic mass is 16.2. The summed E-state index contributed by atoms with van der Waals surface area (Å²) >= 11 is 0. The molecule has 0 aromatic heterocycles. The van der Waals surface area contributed by atoms with Crippen molar-refractivity contribution >= 4 is 5.91 Å². The SMILES string of the molecule is CC(C)(C)C(=O)NCCNC[N+](C)(C)C. The molecule has 2 N–H and O–H groups in total. The molecule has 0 aliphatic carbocycles. The first kappa shape index (κ1) is 14.4. The molecule has 0 radical (unpaired) electrons. The Morgan fingerprint density at radius 1 is 1.13 bits per heavy atom. The number of quaternary nitrogens is 1. The van der Waals surface area contributed by atoms with E-state index in [0.29, 0.717) is 6.54 Å². The maximum atomic E-state index is 11.5. The van der Waals surface area contributed by atoms with Gasteiger partial charge in [0.2, 0.25) is 5.91 Å². The lowest BCUT2D eigenvalue weighted by atomic mass is 9.96. The van der Waals surface area contributed by atoms with Gasteiger partial charge in [-0.25, -0.2) is 0 Å². The van der Waals surface area contributed by atoms with Gasteiger partial charge in [-0.15, -0.1) is 0 Å². The zero-order chi connectivity index (χ0) is 12.1. The lowest BCUT2D eigenvalue weighted by Gasteiger charge is -2.24. The average molecular weight is 216 g/mol. The van der Waals surface area contributed by atoms with Gasteiger partial charge in [-0.05, 0) is 0 Å². The molecule has 0 aromatic carbocycles. The normalized spacial score (nSPS) is 12.7. The maximum Gasteiger partial charge on any atom is 0.225 e. The van der Waals surface area contributed by atoms with Crippen molar-refractivity contribution in [3.63, 3.8) is 0 Å². The summed E-state index contributed by atoms with van der Waals surface area (Å²) in [5.74, 6) is 0.106. The molecule has 0 aliphatic heterocycles. The van der Waals surface area contributed by atoms with E-state index in [9.17, 15) is 4.79 Å². The maximum absolute atomic E-state index is 11.5. The van der Waals surface area contributed by atoms with Crippen LogP contribution in [-0.4, -0.2) is 51.3 Å². The fourth-order valence-corrected chi connectivity index (χ4v) is 0.944. The van der Waals surface area contributed by atoms with Crippen LogP contribution in [0.3, 0.4) is 0 Å². The molecule has 1 amide bonds. The lowest BCUT2D eigenvalue weighted by Crippen LogP contribution is -2.45. The third-order valence-electron chi connectivity index (χ3n) is 1.85. The monoisotopic (exact) mass is 216 g/mol. The Kier molecular flexibility index (Phi) is 5.24. The zero-order valence-electron chi connectivity index (χ0n) is 11.0. The molecular formula is C11H26N3O+. The minimum absolute atomic E-state index is 0.106. The van der Waals surface area contributed by atoms with Gasteiger partial charge in [-0.2, -0.15) is 0 Å². The Morgan fingerprint density at radius 3 is 2.07 bits per heavy atom. The van der Waals surface area contributed by atoms with E-state index in [1.54, 1.807) is 0 Å². The van der Waals surface area contributed by atoms with Crippen LogP contribution in [0.25, 0.3) is 0 Å². The number of rotatable bonds is 5. The Balaban J connectivity index is 3.53. The quantitative estimate of drug-likeness (QED) is 0.397. The van der Waals surface area contributed by atoms with Crippen LogP contribution in [0.1, 0.15) is 20.8 Å². The molecule has 0 spiro atoms. The van der Waals surface area contributed by atoms with E-state index in [4.69, 9.17) is 0 Å². The Hall–Kier alpha value is -0.610. The van der Waals surface area contributed by atoms with Gasteiger partial charge in [0.15, 0.2) is 0 Å². The number of carbonyl (C=O) groups excluding carboxylic acids is 1.